The average molecular weight is 410 g/mol. The molecule has 1 aromatic carbocycles. The molecule has 0 unspecified atom stereocenters. The van der Waals surface area contributed by atoms with Crippen molar-refractivity contribution >= 4 is 43.4 Å². The van der Waals surface area contributed by atoms with E-state index in [1.807, 2.05) is 12.1 Å². The zero-order valence-electron chi connectivity index (χ0n) is 11.9. The highest BCUT2D eigenvalue weighted by Gasteiger charge is 2.19. The van der Waals surface area contributed by atoms with E-state index >= 15 is 0 Å². The van der Waals surface area contributed by atoms with Crippen LogP contribution >= 0.6 is 31.9 Å². The van der Waals surface area contributed by atoms with Crippen LogP contribution in [0.2, 0.25) is 0 Å². The van der Waals surface area contributed by atoms with Crippen LogP contribution in [0.3, 0.4) is 0 Å². The van der Waals surface area contributed by atoms with Crippen LogP contribution in [-0.2, 0) is 5.41 Å². The van der Waals surface area contributed by atoms with Crippen LogP contribution in [0.1, 0.15) is 32.2 Å². The summed E-state index contributed by atoms with van der Waals surface area (Å²) in [6.45, 7) is 6.16. The summed E-state index contributed by atoms with van der Waals surface area (Å²) in [4.78, 5) is 8.92. The largest absolute Gasteiger partial charge is 0.339 e. The third kappa shape index (κ3) is 4.02. The molecule has 108 valence electrons. The second-order valence-corrected chi connectivity index (χ2v) is 7.30. The van der Waals surface area contributed by atoms with Gasteiger partial charge in [0.05, 0.1) is 11.3 Å². The number of hydrogen-bond acceptors (Lipinski definition) is 4. The summed E-state index contributed by atoms with van der Waals surface area (Å²) < 4.78 is 1.57. The van der Waals surface area contributed by atoms with Gasteiger partial charge < -0.3 is 5.32 Å². The molecule has 1 heterocycles. The van der Waals surface area contributed by atoms with E-state index in [2.05, 4.69) is 74.0 Å². The van der Waals surface area contributed by atoms with Gasteiger partial charge in [0.25, 0.3) is 0 Å². The minimum atomic E-state index is -0.155. The summed E-state index contributed by atoms with van der Waals surface area (Å²) in [6, 6.07) is 9.45. The molecule has 0 spiro atoms. The Morgan fingerprint density at radius 3 is 2.48 bits per heavy atom. The topological polar surface area (TPSA) is 61.6 Å². The van der Waals surface area contributed by atoms with E-state index in [1.165, 1.54) is 0 Å². The van der Waals surface area contributed by atoms with Crippen LogP contribution in [0.15, 0.2) is 33.3 Å². The number of benzene rings is 1. The Morgan fingerprint density at radius 2 is 1.86 bits per heavy atom. The summed E-state index contributed by atoms with van der Waals surface area (Å²) in [5, 5.41) is 12.4. The lowest BCUT2D eigenvalue weighted by molar-refractivity contribution is 0.544. The molecule has 0 saturated heterocycles. The molecule has 0 aliphatic rings. The van der Waals surface area contributed by atoms with Gasteiger partial charge in [-0.05, 0) is 34.1 Å². The van der Waals surface area contributed by atoms with E-state index in [0.29, 0.717) is 21.7 Å². The van der Waals surface area contributed by atoms with E-state index in [1.54, 1.807) is 12.1 Å². The third-order valence-electron chi connectivity index (χ3n) is 2.73. The molecule has 0 fully saturated rings. The van der Waals surface area contributed by atoms with Crippen LogP contribution in [0.25, 0.3) is 0 Å². The Hall–Kier alpha value is -1.45. The maximum absolute atomic E-state index is 9.21. The van der Waals surface area contributed by atoms with Crippen molar-refractivity contribution in [2.45, 2.75) is 26.2 Å². The first-order valence-electron chi connectivity index (χ1n) is 6.31. The van der Waals surface area contributed by atoms with Gasteiger partial charge in [0.15, 0.2) is 0 Å². The van der Waals surface area contributed by atoms with Gasteiger partial charge in [0.2, 0.25) is 0 Å². The molecule has 1 aromatic heterocycles. The molecule has 0 aliphatic heterocycles. The van der Waals surface area contributed by atoms with Gasteiger partial charge in [-0.15, -0.1) is 0 Å². The van der Waals surface area contributed by atoms with Crippen molar-refractivity contribution in [2.75, 3.05) is 5.32 Å². The lowest BCUT2D eigenvalue weighted by Gasteiger charge is -2.18. The van der Waals surface area contributed by atoms with Gasteiger partial charge in [0.1, 0.15) is 22.3 Å². The van der Waals surface area contributed by atoms with Gasteiger partial charge in [-0.25, -0.2) is 9.97 Å². The lowest BCUT2D eigenvalue weighted by atomic mass is 9.96. The van der Waals surface area contributed by atoms with Gasteiger partial charge in [0, 0.05) is 16.0 Å². The van der Waals surface area contributed by atoms with Crippen molar-refractivity contribution in [1.82, 2.24) is 9.97 Å². The van der Waals surface area contributed by atoms with E-state index < -0.39 is 0 Å². The number of hydrogen-bond donors (Lipinski definition) is 1. The molecule has 0 atom stereocenters. The highest BCUT2D eigenvalue weighted by atomic mass is 79.9. The van der Waals surface area contributed by atoms with Crippen molar-refractivity contribution in [3.8, 4) is 6.07 Å². The van der Waals surface area contributed by atoms with Crippen LogP contribution in [-0.4, -0.2) is 9.97 Å². The third-order valence-corrected chi connectivity index (χ3v) is 3.63. The Kier molecular flexibility index (Phi) is 4.64. The Morgan fingerprint density at radius 1 is 1.14 bits per heavy atom. The van der Waals surface area contributed by atoms with Crippen LogP contribution in [0, 0.1) is 11.3 Å². The fraction of sp³-hybridized carbons (Fsp3) is 0.267. The minimum Gasteiger partial charge on any atom is -0.339 e. The standard InChI is InChI=1S/C15H14Br2N4/c1-15(2,3)14-20-12(17)7-13(21-14)19-11-5-4-10(16)6-9(11)8-18/h4-7H,1-3H3,(H,19,20,21). The second kappa shape index (κ2) is 6.12. The Bertz CT molecular complexity index is 715. The first-order chi connectivity index (χ1) is 9.79. The smallest absolute Gasteiger partial charge is 0.137 e. The summed E-state index contributed by atoms with van der Waals surface area (Å²) >= 11 is 6.76. The number of aromatic nitrogens is 2. The molecule has 0 saturated carbocycles. The van der Waals surface area contributed by atoms with Crippen molar-refractivity contribution in [3.05, 3.63) is 44.7 Å². The molecule has 2 aromatic rings. The van der Waals surface area contributed by atoms with Crippen molar-refractivity contribution in [2.24, 2.45) is 0 Å². The summed E-state index contributed by atoms with van der Waals surface area (Å²) in [7, 11) is 0. The predicted octanol–water partition coefficient (Wildman–Crippen LogP) is 4.91. The normalized spacial score (nSPS) is 11.0. The zero-order valence-corrected chi connectivity index (χ0v) is 15.1. The Labute approximate surface area is 140 Å². The first-order valence-corrected chi connectivity index (χ1v) is 7.90. The maximum atomic E-state index is 9.21. The molecule has 0 radical (unpaired) electrons. The number of nitrogens with zero attached hydrogens (tertiary/aromatic N) is 3. The molecule has 6 heteroatoms. The number of halogens is 2. The SMILES string of the molecule is CC(C)(C)c1nc(Br)cc(Nc2ccc(Br)cc2C#N)n1. The number of rotatable bonds is 2. The Balaban J connectivity index is 2.41. The van der Waals surface area contributed by atoms with Gasteiger partial charge in [-0.2, -0.15) is 5.26 Å². The quantitative estimate of drug-likeness (QED) is 0.715. The van der Waals surface area contributed by atoms with Crippen LogP contribution < -0.4 is 5.32 Å². The molecule has 21 heavy (non-hydrogen) atoms. The summed E-state index contributed by atoms with van der Waals surface area (Å²) in [5.74, 6) is 1.38. The first kappa shape index (κ1) is 15.9. The van der Waals surface area contributed by atoms with E-state index in [4.69, 9.17) is 0 Å². The average Bonchev–Trinajstić information content (AvgIpc) is 2.39. The molecular formula is C15H14Br2N4. The number of nitrogens with one attached hydrogen (secondary N) is 1. The van der Waals surface area contributed by atoms with Crippen molar-refractivity contribution < 1.29 is 0 Å². The molecule has 4 nitrogen and oxygen atoms in total. The molecule has 0 amide bonds. The van der Waals surface area contributed by atoms with Gasteiger partial charge >= 0.3 is 0 Å². The maximum Gasteiger partial charge on any atom is 0.137 e. The highest BCUT2D eigenvalue weighted by molar-refractivity contribution is 9.10. The molecule has 1 N–H and O–H groups in total. The fourth-order valence-electron chi connectivity index (χ4n) is 1.67. The summed E-state index contributed by atoms with van der Waals surface area (Å²) in [6.07, 6.45) is 0. The number of nitriles is 1. The van der Waals surface area contributed by atoms with E-state index in [0.717, 1.165) is 10.3 Å². The van der Waals surface area contributed by atoms with E-state index in [9.17, 15) is 5.26 Å². The minimum absolute atomic E-state index is 0.155. The number of anilines is 2. The predicted molar refractivity (Wildman–Crippen MR) is 90.6 cm³/mol. The zero-order chi connectivity index (χ0) is 15.6. The van der Waals surface area contributed by atoms with Crippen molar-refractivity contribution in [3.63, 3.8) is 0 Å². The monoisotopic (exact) mass is 408 g/mol. The molecular weight excluding hydrogens is 396 g/mol. The lowest BCUT2D eigenvalue weighted by Crippen LogP contribution is -2.17. The molecule has 0 aliphatic carbocycles. The van der Waals surface area contributed by atoms with Gasteiger partial charge in [-0.1, -0.05) is 36.7 Å². The van der Waals surface area contributed by atoms with Gasteiger partial charge in [-0.3, -0.25) is 0 Å². The van der Waals surface area contributed by atoms with Crippen LogP contribution in [0.4, 0.5) is 11.5 Å². The molecule has 2 rings (SSSR count). The fourth-order valence-corrected chi connectivity index (χ4v) is 2.42. The summed E-state index contributed by atoms with van der Waals surface area (Å²) in [5.41, 5.74) is 1.11. The second-order valence-electron chi connectivity index (χ2n) is 5.58. The highest BCUT2D eigenvalue weighted by Crippen LogP contribution is 2.26. The van der Waals surface area contributed by atoms with Crippen LogP contribution in [0.5, 0.6) is 0 Å². The molecule has 0 bridgehead atoms. The van der Waals surface area contributed by atoms with E-state index in [-0.39, 0.29) is 5.41 Å². The van der Waals surface area contributed by atoms with Crippen molar-refractivity contribution in [1.29, 1.82) is 5.26 Å².